The zero-order valence-electron chi connectivity index (χ0n) is 10.8. The molecule has 1 atom stereocenters. The second-order valence-corrected chi connectivity index (χ2v) is 3.95. The molecule has 0 spiro atoms. The standard InChI is InChI=1S/C12H18N2O4/c1-9(17-3)8-18-12-6-10(7-13-2)4-5-11(12)14(15)16/h4-6,9,13H,7-8H2,1-3H3. The lowest BCUT2D eigenvalue weighted by atomic mass is 10.2. The first-order chi connectivity index (χ1) is 8.58. The van der Waals surface area contributed by atoms with Crippen molar-refractivity contribution in [1.29, 1.82) is 0 Å². The summed E-state index contributed by atoms with van der Waals surface area (Å²) in [7, 11) is 3.38. The van der Waals surface area contributed by atoms with Gasteiger partial charge in [-0.1, -0.05) is 6.07 Å². The van der Waals surface area contributed by atoms with Crippen LogP contribution in [0.4, 0.5) is 5.69 Å². The lowest BCUT2D eigenvalue weighted by Crippen LogP contribution is -2.16. The molecular weight excluding hydrogens is 236 g/mol. The van der Waals surface area contributed by atoms with Crippen LogP contribution in [0.3, 0.4) is 0 Å². The van der Waals surface area contributed by atoms with Crippen LogP contribution >= 0.6 is 0 Å². The van der Waals surface area contributed by atoms with E-state index in [9.17, 15) is 10.1 Å². The van der Waals surface area contributed by atoms with Gasteiger partial charge in [0.2, 0.25) is 0 Å². The van der Waals surface area contributed by atoms with E-state index in [1.165, 1.54) is 6.07 Å². The number of benzene rings is 1. The lowest BCUT2D eigenvalue weighted by molar-refractivity contribution is -0.385. The van der Waals surface area contributed by atoms with E-state index in [1.54, 1.807) is 19.2 Å². The molecular formula is C12H18N2O4. The molecule has 1 N–H and O–H groups in total. The number of hydrogen-bond donors (Lipinski definition) is 1. The lowest BCUT2D eigenvalue weighted by Gasteiger charge is -2.12. The largest absolute Gasteiger partial charge is 0.484 e. The first kappa shape index (κ1) is 14.4. The monoisotopic (exact) mass is 254 g/mol. The van der Waals surface area contributed by atoms with Crippen molar-refractivity contribution in [3.63, 3.8) is 0 Å². The van der Waals surface area contributed by atoms with Crippen molar-refractivity contribution in [3.8, 4) is 5.75 Å². The van der Waals surface area contributed by atoms with Crippen molar-refractivity contribution in [2.75, 3.05) is 20.8 Å². The van der Waals surface area contributed by atoms with E-state index in [4.69, 9.17) is 9.47 Å². The highest BCUT2D eigenvalue weighted by Gasteiger charge is 2.16. The Balaban J connectivity index is 2.89. The van der Waals surface area contributed by atoms with Crippen molar-refractivity contribution in [2.45, 2.75) is 19.6 Å². The van der Waals surface area contributed by atoms with Gasteiger partial charge in [-0.05, 0) is 25.6 Å². The van der Waals surface area contributed by atoms with E-state index in [2.05, 4.69) is 5.32 Å². The predicted molar refractivity (Wildman–Crippen MR) is 67.8 cm³/mol. The molecule has 0 saturated carbocycles. The van der Waals surface area contributed by atoms with Gasteiger partial charge in [-0.15, -0.1) is 0 Å². The zero-order chi connectivity index (χ0) is 13.5. The Morgan fingerprint density at radius 3 is 2.78 bits per heavy atom. The van der Waals surface area contributed by atoms with E-state index in [-0.39, 0.29) is 24.1 Å². The molecule has 0 bridgehead atoms. The van der Waals surface area contributed by atoms with Crippen molar-refractivity contribution in [2.24, 2.45) is 0 Å². The summed E-state index contributed by atoms with van der Waals surface area (Å²) in [5, 5.41) is 13.9. The Morgan fingerprint density at radius 2 is 2.22 bits per heavy atom. The van der Waals surface area contributed by atoms with Gasteiger partial charge in [0.1, 0.15) is 6.61 Å². The molecule has 6 nitrogen and oxygen atoms in total. The fourth-order valence-corrected chi connectivity index (χ4v) is 1.41. The van der Waals surface area contributed by atoms with Crippen LogP contribution in [-0.2, 0) is 11.3 Å². The second kappa shape index (κ2) is 6.93. The van der Waals surface area contributed by atoms with Crippen molar-refractivity contribution in [3.05, 3.63) is 33.9 Å². The minimum absolute atomic E-state index is 0.0295. The summed E-state index contributed by atoms with van der Waals surface area (Å²) in [6.45, 7) is 2.75. The number of ether oxygens (including phenoxy) is 2. The summed E-state index contributed by atoms with van der Waals surface area (Å²) in [6, 6.07) is 4.84. The highest BCUT2D eigenvalue weighted by Crippen LogP contribution is 2.28. The SMILES string of the molecule is CNCc1ccc([N+](=O)[O-])c(OCC(C)OC)c1. The van der Waals surface area contributed by atoms with E-state index in [1.807, 2.05) is 14.0 Å². The molecule has 6 heteroatoms. The Kier molecular flexibility index (Phi) is 5.54. The van der Waals surface area contributed by atoms with Crippen LogP contribution < -0.4 is 10.1 Å². The van der Waals surface area contributed by atoms with Gasteiger partial charge in [0.05, 0.1) is 11.0 Å². The van der Waals surface area contributed by atoms with Crippen LogP contribution in [0.2, 0.25) is 0 Å². The number of methoxy groups -OCH3 is 1. The summed E-state index contributed by atoms with van der Waals surface area (Å²) in [6.07, 6.45) is -0.113. The average Bonchev–Trinajstić information content (AvgIpc) is 2.36. The van der Waals surface area contributed by atoms with Gasteiger partial charge >= 0.3 is 5.69 Å². The quantitative estimate of drug-likeness (QED) is 0.592. The molecule has 18 heavy (non-hydrogen) atoms. The molecule has 0 radical (unpaired) electrons. The van der Waals surface area contributed by atoms with Gasteiger partial charge in [-0.25, -0.2) is 0 Å². The first-order valence-corrected chi connectivity index (χ1v) is 5.66. The second-order valence-electron chi connectivity index (χ2n) is 3.95. The smallest absolute Gasteiger partial charge is 0.310 e. The van der Waals surface area contributed by atoms with E-state index in [0.29, 0.717) is 6.54 Å². The van der Waals surface area contributed by atoms with Crippen LogP contribution in [0, 0.1) is 10.1 Å². The number of nitro groups is 1. The molecule has 0 saturated heterocycles. The molecule has 1 aromatic carbocycles. The van der Waals surface area contributed by atoms with Crippen molar-refractivity contribution < 1.29 is 14.4 Å². The molecule has 0 fully saturated rings. The van der Waals surface area contributed by atoms with Crippen LogP contribution in [-0.4, -0.2) is 31.8 Å². The third kappa shape index (κ3) is 3.97. The molecule has 1 aromatic rings. The zero-order valence-corrected chi connectivity index (χ0v) is 10.8. The Morgan fingerprint density at radius 1 is 1.50 bits per heavy atom. The maximum atomic E-state index is 10.9. The van der Waals surface area contributed by atoms with Crippen LogP contribution in [0.15, 0.2) is 18.2 Å². The van der Waals surface area contributed by atoms with Gasteiger partial charge < -0.3 is 14.8 Å². The Bertz CT molecular complexity index is 409. The Hall–Kier alpha value is -1.66. The van der Waals surface area contributed by atoms with Gasteiger partial charge in [0.15, 0.2) is 5.75 Å². The van der Waals surface area contributed by atoms with Gasteiger partial charge in [-0.3, -0.25) is 10.1 Å². The summed E-state index contributed by atoms with van der Waals surface area (Å²) < 4.78 is 10.5. The van der Waals surface area contributed by atoms with E-state index < -0.39 is 4.92 Å². The third-order valence-corrected chi connectivity index (χ3v) is 2.48. The first-order valence-electron chi connectivity index (χ1n) is 5.66. The number of nitro benzene ring substituents is 1. The molecule has 1 unspecified atom stereocenters. The third-order valence-electron chi connectivity index (χ3n) is 2.48. The Labute approximate surface area is 106 Å². The van der Waals surface area contributed by atoms with Crippen LogP contribution in [0.5, 0.6) is 5.75 Å². The highest BCUT2D eigenvalue weighted by atomic mass is 16.6. The summed E-state index contributed by atoms with van der Waals surface area (Å²) in [4.78, 5) is 10.4. The number of rotatable bonds is 7. The fourth-order valence-electron chi connectivity index (χ4n) is 1.41. The maximum absolute atomic E-state index is 10.9. The van der Waals surface area contributed by atoms with Crippen molar-refractivity contribution >= 4 is 5.69 Å². The summed E-state index contributed by atoms with van der Waals surface area (Å²) in [5.74, 6) is 0.275. The number of nitrogens with one attached hydrogen (secondary N) is 1. The minimum atomic E-state index is -0.448. The topological polar surface area (TPSA) is 73.6 Å². The molecule has 0 aliphatic carbocycles. The number of nitrogens with zero attached hydrogens (tertiary/aromatic N) is 1. The molecule has 100 valence electrons. The number of hydrogen-bond acceptors (Lipinski definition) is 5. The molecule has 0 aliphatic rings. The predicted octanol–water partition coefficient (Wildman–Crippen LogP) is 1.73. The van der Waals surface area contributed by atoms with E-state index >= 15 is 0 Å². The van der Waals surface area contributed by atoms with Gasteiger partial charge in [-0.2, -0.15) is 0 Å². The molecule has 0 amide bonds. The normalized spacial score (nSPS) is 12.2. The summed E-state index contributed by atoms with van der Waals surface area (Å²) in [5.41, 5.74) is 0.904. The minimum Gasteiger partial charge on any atom is -0.484 e. The highest BCUT2D eigenvalue weighted by molar-refractivity contribution is 5.48. The fraction of sp³-hybridized carbons (Fsp3) is 0.500. The molecule has 0 aromatic heterocycles. The van der Waals surface area contributed by atoms with E-state index in [0.717, 1.165) is 5.56 Å². The van der Waals surface area contributed by atoms with Gasteiger partial charge in [0, 0.05) is 19.7 Å². The molecule has 0 aliphatic heterocycles. The van der Waals surface area contributed by atoms with Gasteiger partial charge in [0.25, 0.3) is 0 Å². The van der Waals surface area contributed by atoms with Crippen LogP contribution in [0.1, 0.15) is 12.5 Å². The summed E-state index contributed by atoms with van der Waals surface area (Å²) >= 11 is 0. The maximum Gasteiger partial charge on any atom is 0.310 e. The molecule has 0 heterocycles. The van der Waals surface area contributed by atoms with Crippen LogP contribution in [0.25, 0.3) is 0 Å². The van der Waals surface area contributed by atoms with Crippen molar-refractivity contribution in [1.82, 2.24) is 5.32 Å². The molecule has 1 rings (SSSR count). The average molecular weight is 254 g/mol.